The zero-order chi connectivity index (χ0) is 15.8. The molecule has 2 rings (SSSR count). The van der Waals surface area contributed by atoms with Crippen LogP contribution in [0.3, 0.4) is 0 Å². The van der Waals surface area contributed by atoms with Crippen LogP contribution < -0.4 is 10.1 Å². The molecule has 0 radical (unpaired) electrons. The fourth-order valence-electron chi connectivity index (χ4n) is 1.93. The van der Waals surface area contributed by atoms with Crippen molar-refractivity contribution in [1.82, 2.24) is 5.32 Å². The first-order valence-electron chi connectivity index (χ1n) is 7.44. The van der Waals surface area contributed by atoms with Gasteiger partial charge in [-0.25, -0.2) is 0 Å². The Bertz CT molecular complexity index is 592. The van der Waals surface area contributed by atoms with Crippen LogP contribution in [0.1, 0.15) is 42.5 Å². The Hall–Kier alpha value is -1.75. The Labute approximate surface area is 139 Å². The quantitative estimate of drug-likeness (QED) is 0.698. The average Bonchev–Trinajstić information content (AvgIpc) is 3.00. The molecule has 0 bridgehead atoms. The third kappa shape index (κ3) is 5.22. The number of benzene rings is 1. The van der Waals surface area contributed by atoms with Crippen molar-refractivity contribution in [2.24, 2.45) is 0 Å². The summed E-state index contributed by atoms with van der Waals surface area (Å²) in [6.45, 7) is 3.11. The maximum atomic E-state index is 11.9. The van der Waals surface area contributed by atoms with E-state index in [9.17, 15) is 4.79 Å². The molecule has 0 aliphatic carbocycles. The van der Waals surface area contributed by atoms with Crippen molar-refractivity contribution >= 4 is 21.8 Å². The molecule has 0 spiro atoms. The lowest BCUT2D eigenvalue weighted by atomic mass is 10.2. The van der Waals surface area contributed by atoms with Crippen LogP contribution in [-0.4, -0.2) is 12.5 Å². The van der Waals surface area contributed by atoms with Crippen LogP contribution in [-0.2, 0) is 6.61 Å². The summed E-state index contributed by atoms with van der Waals surface area (Å²) in [5.41, 5.74) is 0. The second kappa shape index (κ2) is 8.63. The van der Waals surface area contributed by atoms with Crippen molar-refractivity contribution in [3.05, 3.63) is 52.4 Å². The van der Waals surface area contributed by atoms with Gasteiger partial charge in [-0.05, 0) is 42.8 Å². The van der Waals surface area contributed by atoms with E-state index in [0.29, 0.717) is 24.7 Å². The van der Waals surface area contributed by atoms with Crippen LogP contribution in [0.4, 0.5) is 0 Å². The number of hydrogen-bond donors (Lipinski definition) is 1. The number of unbranched alkanes of at least 4 members (excludes halogenated alkanes) is 2. The zero-order valence-corrected chi connectivity index (χ0v) is 14.2. The maximum absolute atomic E-state index is 11.9. The molecule has 0 fully saturated rings. The van der Waals surface area contributed by atoms with Crippen LogP contribution in [0.2, 0.25) is 0 Å². The van der Waals surface area contributed by atoms with Gasteiger partial charge in [-0.15, -0.1) is 0 Å². The molecule has 1 heterocycles. The number of rotatable bonds is 8. The monoisotopic (exact) mass is 365 g/mol. The van der Waals surface area contributed by atoms with Gasteiger partial charge < -0.3 is 14.5 Å². The van der Waals surface area contributed by atoms with Crippen molar-refractivity contribution in [3.63, 3.8) is 0 Å². The van der Waals surface area contributed by atoms with Crippen LogP contribution >= 0.6 is 15.9 Å². The van der Waals surface area contributed by atoms with Crippen molar-refractivity contribution in [2.45, 2.75) is 32.8 Å². The van der Waals surface area contributed by atoms with E-state index < -0.39 is 0 Å². The lowest BCUT2D eigenvalue weighted by Gasteiger charge is -2.04. The lowest BCUT2D eigenvalue weighted by molar-refractivity contribution is 0.0921. The van der Waals surface area contributed by atoms with E-state index in [1.165, 1.54) is 0 Å². The van der Waals surface area contributed by atoms with Gasteiger partial charge in [0.25, 0.3) is 5.91 Å². The summed E-state index contributed by atoms with van der Waals surface area (Å²) in [6, 6.07) is 11.0. The summed E-state index contributed by atoms with van der Waals surface area (Å²) in [7, 11) is 0. The smallest absolute Gasteiger partial charge is 0.286 e. The van der Waals surface area contributed by atoms with E-state index in [1.54, 1.807) is 12.1 Å². The highest BCUT2D eigenvalue weighted by Gasteiger charge is 2.10. The highest BCUT2D eigenvalue weighted by molar-refractivity contribution is 9.10. The number of carbonyl (C=O) groups is 1. The molecule has 4 nitrogen and oxygen atoms in total. The summed E-state index contributed by atoms with van der Waals surface area (Å²) >= 11 is 3.37. The van der Waals surface area contributed by atoms with Crippen LogP contribution in [0.25, 0.3) is 0 Å². The molecule has 1 aromatic carbocycles. The standard InChI is InChI=1S/C17H20BrNO3/c1-2-3-4-11-19-17(20)16-10-9-15(22-16)12-21-14-7-5-13(18)6-8-14/h5-10H,2-4,11-12H2,1H3,(H,19,20). The third-order valence-corrected chi connectivity index (χ3v) is 3.67. The molecule has 0 aliphatic rings. The predicted molar refractivity (Wildman–Crippen MR) is 89.0 cm³/mol. The highest BCUT2D eigenvalue weighted by Crippen LogP contribution is 2.18. The minimum atomic E-state index is -0.175. The predicted octanol–water partition coefficient (Wildman–Crippen LogP) is 4.54. The second-order valence-corrected chi connectivity index (χ2v) is 5.89. The van der Waals surface area contributed by atoms with E-state index in [1.807, 2.05) is 24.3 Å². The van der Waals surface area contributed by atoms with Crippen molar-refractivity contribution < 1.29 is 13.9 Å². The lowest BCUT2D eigenvalue weighted by Crippen LogP contribution is -2.23. The Balaban J connectivity index is 1.80. The fraction of sp³-hybridized carbons (Fsp3) is 0.353. The molecule has 0 unspecified atom stereocenters. The van der Waals surface area contributed by atoms with Gasteiger partial charge in [0.1, 0.15) is 18.1 Å². The Morgan fingerprint density at radius 2 is 1.95 bits per heavy atom. The summed E-state index contributed by atoms with van der Waals surface area (Å²) in [4.78, 5) is 11.9. The minimum Gasteiger partial charge on any atom is -0.486 e. The number of amides is 1. The molecule has 1 aromatic heterocycles. The Kier molecular flexibility index (Phi) is 6.52. The number of ether oxygens (including phenoxy) is 1. The molecule has 22 heavy (non-hydrogen) atoms. The molecule has 1 amide bonds. The van der Waals surface area contributed by atoms with Gasteiger partial charge in [0.05, 0.1) is 0 Å². The third-order valence-electron chi connectivity index (χ3n) is 3.15. The van der Waals surface area contributed by atoms with E-state index >= 15 is 0 Å². The number of halogens is 1. The normalized spacial score (nSPS) is 10.5. The first kappa shape index (κ1) is 16.6. The van der Waals surface area contributed by atoms with Gasteiger partial charge in [-0.1, -0.05) is 35.7 Å². The zero-order valence-electron chi connectivity index (χ0n) is 12.6. The average molecular weight is 366 g/mol. The van der Waals surface area contributed by atoms with E-state index in [4.69, 9.17) is 9.15 Å². The molecule has 0 atom stereocenters. The van der Waals surface area contributed by atoms with Gasteiger partial charge in [0.15, 0.2) is 5.76 Å². The van der Waals surface area contributed by atoms with E-state index in [2.05, 4.69) is 28.2 Å². The Morgan fingerprint density at radius 1 is 1.18 bits per heavy atom. The molecular weight excluding hydrogens is 346 g/mol. The number of furan rings is 1. The topological polar surface area (TPSA) is 51.5 Å². The Morgan fingerprint density at radius 3 is 2.68 bits per heavy atom. The van der Waals surface area contributed by atoms with Gasteiger partial charge in [-0.2, -0.15) is 0 Å². The minimum absolute atomic E-state index is 0.175. The van der Waals surface area contributed by atoms with Crippen LogP contribution in [0, 0.1) is 0 Å². The number of carbonyl (C=O) groups excluding carboxylic acids is 1. The molecule has 1 N–H and O–H groups in total. The summed E-state index contributed by atoms with van der Waals surface area (Å²) in [6.07, 6.45) is 3.24. The molecular formula is C17H20BrNO3. The first-order chi connectivity index (χ1) is 10.7. The first-order valence-corrected chi connectivity index (χ1v) is 8.23. The van der Waals surface area contributed by atoms with Crippen molar-refractivity contribution in [3.8, 4) is 5.75 Å². The number of hydrogen-bond acceptors (Lipinski definition) is 3. The van der Waals surface area contributed by atoms with Gasteiger partial charge in [0.2, 0.25) is 0 Å². The fourth-order valence-corrected chi connectivity index (χ4v) is 2.19. The van der Waals surface area contributed by atoms with Gasteiger partial charge in [0, 0.05) is 11.0 Å². The number of nitrogens with one attached hydrogen (secondary N) is 1. The molecule has 0 aliphatic heterocycles. The van der Waals surface area contributed by atoms with Crippen LogP contribution in [0.5, 0.6) is 5.75 Å². The van der Waals surface area contributed by atoms with E-state index in [-0.39, 0.29) is 5.91 Å². The largest absolute Gasteiger partial charge is 0.486 e. The van der Waals surface area contributed by atoms with Crippen molar-refractivity contribution in [2.75, 3.05) is 6.54 Å². The van der Waals surface area contributed by atoms with Gasteiger partial charge >= 0.3 is 0 Å². The molecule has 118 valence electrons. The van der Waals surface area contributed by atoms with E-state index in [0.717, 1.165) is 29.5 Å². The SMILES string of the molecule is CCCCCNC(=O)c1ccc(COc2ccc(Br)cc2)o1. The maximum Gasteiger partial charge on any atom is 0.286 e. The summed E-state index contributed by atoms with van der Waals surface area (Å²) < 4.78 is 12.1. The molecule has 5 heteroatoms. The molecule has 0 saturated heterocycles. The van der Waals surface area contributed by atoms with Gasteiger partial charge in [-0.3, -0.25) is 4.79 Å². The summed E-state index contributed by atoms with van der Waals surface area (Å²) in [5, 5.41) is 2.85. The summed E-state index contributed by atoms with van der Waals surface area (Å²) in [5.74, 6) is 1.53. The highest BCUT2D eigenvalue weighted by atomic mass is 79.9. The molecule has 2 aromatic rings. The van der Waals surface area contributed by atoms with Crippen molar-refractivity contribution in [1.29, 1.82) is 0 Å². The van der Waals surface area contributed by atoms with Crippen LogP contribution in [0.15, 0.2) is 45.3 Å². The molecule has 0 saturated carbocycles. The second-order valence-electron chi connectivity index (χ2n) is 4.97.